The molecular weight excluding hydrogens is 256 g/mol. The largest absolute Gasteiger partial charge is 0.481 e. The summed E-state index contributed by atoms with van der Waals surface area (Å²) in [5, 5.41) is 11.2. The third-order valence-corrected chi connectivity index (χ3v) is 2.67. The highest BCUT2D eigenvalue weighted by molar-refractivity contribution is 5.93. The number of aliphatic carboxylic acids is 1. The van der Waals surface area contributed by atoms with Gasteiger partial charge in [-0.3, -0.25) is 14.6 Å². The predicted octanol–water partition coefficient (Wildman–Crippen LogP) is 2.55. The van der Waals surface area contributed by atoms with E-state index in [-0.39, 0.29) is 18.7 Å². The first kappa shape index (κ1) is 13.7. The highest BCUT2D eigenvalue weighted by Gasteiger charge is 2.06. The van der Waals surface area contributed by atoms with E-state index in [4.69, 9.17) is 5.11 Å². The Hall–Kier alpha value is -2.69. The first-order valence-electron chi connectivity index (χ1n) is 6.18. The van der Waals surface area contributed by atoms with Gasteiger partial charge >= 0.3 is 5.97 Å². The molecule has 2 aromatic rings. The summed E-state index contributed by atoms with van der Waals surface area (Å²) in [6.07, 6.45) is 1.49. The molecule has 0 aliphatic carbocycles. The number of benzene rings is 1. The lowest BCUT2D eigenvalue weighted by molar-refractivity contribution is -0.138. The maximum atomic E-state index is 11.6. The lowest BCUT2D eigenvalue weighted by atomic mass is 10.1. The molecule has 2 rings (SSSR count). The van der Waals surface area contributed by atoms with Gasteiger partial charge in [0.1, 0.15) is 0 Å². The molecule has 1 aromatic carbocycles. The zero-order valence-corrected chi connectivity index (χ0v) is 10.7. The highest BCUT2D eigenvalue weighted by Crippen LogP contribution is 2.20. The first-order valence-corrected chi connectivity index (χ1v) is 6.18. The molecule has 0 unspecified atom stereocenters. The van der Waals surface area contributed by atoms with Crippen molar-refractivity contribution in [3.63, 3.8) is 0 Å². The molecule has 5 heteroatoms. The standard InChI is InChI=1S/C15H14N2O3/c18-14(7-8-15(19)20)17-12-5-3-4-11(10-12)13-6-1-2-9-16-13/h1-6,9-10H,7-8H2,(H,17,18)(H,19,20). The molecule has 102 valence electrons. The lowest BCUT2D eigenvalue weighted by Crippen LogP contribution is -2.13. The van der Waals surface area contributed by atoms with Crippen molar-refractivity contribution in [3.8, 4) is 11.3 Å². The fraction of sp³-hybridized carbons (Fsp3) is 0.133. The number of aromatic nitrogens is 1. The summed E-state index contributed by atoms with van der Waals surface area (Å²) in [6.45, 7) is 0. The SMILES string of the molecule is O=C(O)CCC(=O)Nc1cccc(-c2ccccn2)c1. The number of hydrogen-bond donors (Lipinski definition) is 2. The maximum absolute atomic E-state index is 11.6. The van der Waals surface area contributed by atoms with Crippen molar-refractivity contribution in [1.29, 1.82) is 0 Å². The average Bonchev–Trinajstić information content (AvgIpc) is 2.46. The number of carbonyl (C=O) groups excluding carboxylic acids is 1. The van der Waals surface area contributed by atoms with Crippen LogP contribution >= 0.6 is 0 Å². The Labute approximate surface area is 116 Å². The summed E-state index contributed by atoms with van der Waals surface area (Å²) in [6, 6.07) is 12.9. The number of nitrogens with one attached hydrogen (secondary N) is 1. The molecule has 1 aromatic heterocycles. The van der Waals surface area contributed by atoms with E-state index in [1.54, 1.807) is 18.3 Å². The molecule has 1 amide bonds. The molecule has 0 atom stereocenters. The van der Waals surface area contributed by atoms with Gasteiger partial charge in [0.2, 0.25) is 5.91 Å². The highest BCUT2D eigenvalue weighted by atomic mass is 16.4. The van der Waals surface area contributed by atoms with E-state index in [2.05, 4.69) is 10.3 Å². The monoisotopic (exact) mass is 270 g/mol. The molecule has 0 bridgehead atoms. The van der Waals surface area contributed by atoms with E-state index in [9.17, 15) is 9.59 Å². The van der Waals surface area contributed by atoms with Crippen molar-refractivity contribution in [1.82, 2.24) is 4.98 Å². The van der Waals surface area contributed by atoms with Gasteiger partial charge in [-0.15, -0.1) is 0 Å². The van der Waals surface area contributed by atoms with Crippen LogP contribution in [0.15, 0.2) is 48.7 Å². The molecule has 0 aliphatic rings. The molecule has 0 aliphatic heterocycles. The second-order valence-corrected chi connectivity index (χ2v) is 4.24. The van der Waals surface area contributed by atoms with E-state index in [1.807, 2.05) is 30.3 Å². The van der Waals surface area contributed by atoms with E-state index < -0.39 is 5.97 Å². The number of hydrogen-bond acceptors (Lipinski definition) is 3. The van der Waals surface area contributed by atoms with Gasteiger partial charge in [0, 0.05) is 23.9 Å². The van der Waals surface area contributed by atoms with Gasteiger partial charge in [-0.25, -0.2) is 0 Å². The molecule has 0 saturated heterocycles. The number of carboxylic acids is 1. The van der Waals surface area contributed by atoms with Crippen molar-refractivity contribution in [3.05, 3.63) is 48.7 Å². The number of nitrogens with zero attached hydrogens (tertiary/aromatic N) is 1. The molecular formula is C15H14N2O3. The lowest BCUT2D eigenvalue weighted by Gasteiger charge is -2.06. The van der Waals surface area contributed by atoms with Crippen LogP contribution in [0.2, 0.25) is 0 Å². The Morgan fingerprint density at radius 3 is 2.65 bits per heavy atom. The van der Waals surface area contributed by atoms with Crippen LogP contribution < -0.4 is 5.32 Å². The number of carboxylic acid groups (broad SMARTS) is 1. The Kier molecular flexibility index (Phi) is 4.44. The zero-order chi connectivity index (χ0) is 14.4. The topological polar surface area (TPSA) is 79.3 Å². The molecule has 1 heterocycles. The fourth-order valence-corrected chi connectivity index (χ4v) is 1.73. The van der Waals surface area contributed by atoms with Crippen LogP contribution in [0.4, 0.5) is 5.69 Å². The Balaban J connectivity index is 2.07. The van der Waals surface area contributed by atoms with Crippen LogP contribution in [-0.4, -0.2) is 22.0 Å². The molecule has 5 nitrogen and oxygen atoms in total. The summed E-state index contributed by atoms with van der Waals surface area (Å²) in [5.41, 5.74) is 2.33. The molecule has 2 N–H and O–H groups in total. The van der Waals surface area contributed by atoms with E-state index in [1.165, 1.54) is 0 Å². The Bertz CT molecular complexity index is 612. The van der Waals surface area contributed by atoms with Crippen LogP contribution in [0.5, 0.6) is 0 Å². The maximum Gasteiger partial charge on any atom is 0.303 e. The van der Waals surface area contributed by atoms with Crippen molar-refractivity contribution < 1.29 is 14.7 Å². The summed E-state index contributed by atoms with van der Waals surface area (Å²) >= 11 is 0. The Morgan fingerprint density at radius 1 is 1.10 bits per heavy atom. The van der Waals surface area contributed by atoms with Gasteiger partial charge in [-0.2, -0.15) is 0 Å². The number of anilines is 1. The number of carbonyl (C=O) groups is 2. The van der Waals surface area contributed by atoms with Crippen LogP contribution in [0, 0.1) is 0 Å². The zero-order valence-electron chi connectivity index (χ0n) is 10.7. The molecule has 0 radical (unpaired) electrons. The van der Waals surface area contributed by atoms with Crippen LogP contribution in [0.25, 0.3) is 11.3 Å². The van der Waals surface area contributed by atoms with Crippen molar-refractivity contribution in [2.24, 2.45) is 0 Å². The summed E-state index contributed by atoms with van der Waals surface area (Å²) < 4.78 is 0. The molecule has 0 spiro atoms. The second-order valence-electron chi connectivity index (χ2n) is 4.24. The number of rotatable bonds is 5. The van der Waals surface area contributed by atoms with Gasteiger partial charge in [-0.05, 0) is 24.3 Å². The third kappa shape index (κ3) is 3.91. The molecule has 0 saturated carbocycles. The van der Waals surface area contributed by atoms with Gasteiger partial charge in [-0.1, -0.05) is 18.2 Å². The molecule has 20 heavy (non-hydrogen) atoms. The van der Waals surface area contributed by atoms with Crippen LogP contribution in [0.3, 0.4) is 0 Å². The Morgan fingerprint density at radius 2 is 1.95 bits per heavy atom. The van der Waals surface area contributed by atoms with E-state index >= 15 is 0 Å². The van der Waals surface area contributed by atoms with Crippen molar-refractivity contribution in [2.75, 3.05) is 5.32 Å². The van der Waals surface area contributed by atoms with Crippen LogP contribution in [0.1, 0.15) is 12.8 Å². The van der Waals surface area contributed by atoms with Crippen LogP contribution in [-0.2, 0) is 9.59 Å². The van der Waals surface area contributed by atoms with Crippen molar-refractivity contribution >= 4 is 17.6 Å². The van der Waals surface area contributed by atoms with E-state index in [0.29, 0.717) is 5.69 Å². The van der Waals surface area contributed by atoms with Gasteiger partial charge in [0.25, 0.3) is 0 Å². The van der Waals surface area contributed by atoms with Gasteiger partial charge in [0.05, 0.1) is 12.1 Å². The van der Waals surface area contributed by atoms with E-state index in [0.717, 1.165) is 11.3 Å². The summed E-state index contributed by atoms with van der Waals surface area (Å²) in [5.74, 6) is -1.30. The first-order chi connectivity index (χ1) is 9.65. The predicted molar refractivity (Wildman–Crippen MR) is 75.2 cm³/mol. The normalized spacial score (nSPS) is 10.0. The summed E-state index contributed by atoms with van der Waals surface area (Å²) in [7, 11) is 0. The minimum absolute atomic E-state index is 0.0385. The quantitative estimate of drug-likeness (QED) is 0.875. The van der Waals surface area contributed by atoms with Crippen molar-refractivity contribution in [2.45, 2.75) is 12.8 Å². The minimum Gasteiger partial charge on any atom is -0.481 e. The number of amides is 1. The van der Waals surface area contributed by atoms with Gasteiger partial charge in [0.15, 0.2) is 0 Å². The second kappa shape index (κ2) is 6.47. The average molecular weight is 270 g/mol. The summed E-state index contributed by atoms with van der Waals surface area (Å²) in [4.78, 5) is 26.2. The molecule has 0 fully saturated rings. The third-order valence-electron chi connectivity index (χ3n) is 2.67. The minimum atomic E-state index is -0.984. The fourth-order valence-electron chi connectivity index (χ4n) is 1.73. The van der Waals surface area contributed by atoms with Gasteiger partial charge < -0.3 is 10.4 Å². The smallest absolute Gasteiger partial charge is 0.303 e. The number of pyridine rings is 1.